The molecule has 1 unspecified atom stereocenters. The maximum Gasteiger partial charge on any atom is 0.226 e. The van der Waals surface area contributed by atoms with Crippen LogP contribution in [-0.2, 0) is 9.59 Å². The van der Waals surface area contributed by atoms with Crippen LogP contribution >= 0.6 is 11.8 Å². The number of amides is 2. The molecule has 33 heavy (non-hydrogen) atoms. The molecule has 0 radical (unpaired) electrons. The first-order chi connectivity index (χ1) is 16.0. The van der Waals surface area contributed by atoms with Gasteiger partial charge in [-0.2, -0.15) is 0 Å². The first-order valence-electron chi connectivity index (χ1n) is 12.2. The molecule has 2 aliphatic rings. The van der Waals surface area contributed by atoms with E-state index in [1.165, 1.54) is 19.3 Å². The lowest BCUT2D eigenvalue weighted by Crippen LogP contribution is -2.56. The van der Waals surface area contributed by atoms with Gasteiger partial charge in [0.25, 0.3) is 0 Å². The molecular weight excluding hydrogens is 434 g/mol. The molecule has 4 rings (SSSR count). The van der Waals surface area contributed by atoms with Crippen LogP contribution in [-0.4, -0.2) is 67.8 Å². The Kier molecular flexibility index (Phi) is 8.06. The van der Waals surface area contributed by atoms with Crippen LogP contribution in [0.5, 0.6) is 0 Å². The van der Waals surface area contributed by atoms with Crippen LogP contribution in [0.1, 0.15) is 57.7 Å². The van der Waals surface area contributed by atoms with Gasteiger partial charge in [-0.25, -0.2) is 0 Å². The maximum absolute atomic E-state index is 12.9. The molecule has 2 amide bonds. The second-order valence-corrected chi connectivity index (χ2v) is 10.3. The molecule has 8 heteroatoms. The van der Waals surface area contributed by atoms with Crippen LogP contribution < -0.4 is 0 Å². The van der Waals surface area contributed by atoms with E-state index in [1.54, 1.807) is 11.8 Å². The van der Waals surface area contributed by atoms with Crippen LogP contribution in [0, 0.1) is 12.8 Å². The number of nitrogens with zero attached hydrogens (tertiary/aromatic N) is 5. The zero-order valence-corrected chi connectivity index (χ0v) is 20.6. The lowest BCUT2D eigenvalue weighted by atomic mass is 9.88. The molecule has 178 valence electrons. The summed E-state index contributed by atoms with van der Waals surface area (Å²) in [5.74, 6) is 2.36. The third-order valence-corrected chi connectivity index (χ3v) is 7.81. The molecule has 1 aromatic carbocycles. The Bertz CT molecular complexity index is 942. The van der Waals surface area contributed by atoms with Gasteiger partial charge < -0.3 is 9.80 Å². The summed E-state index contributed by atoms with van der Waals surface area (Å²) in [6.07, 6.45) is 6.96. The topological polar surface area (TPSA) is 71.3 Å². The van der Waals surface area contributed by atoms with Crippen molar-refractivity contribution in [2.24, 2.45) is 5.92 Å². The second kappa shape index (κ2) is 11.2. The summed E-state index contributed by atoms with van der Waals surface area (Å²) < 4.78 is 2.05. The van der Waals surface area contributed by atoms with E-state index >= 15 is 0 Å². The molecule has 0 spiro atoms. The van der Waals surface area contributed by atoms with Crippen molar-refractivity contribution in [1.82, 2.24) is 24.6 Å². The number of benzene rings is 1. The van der Waals surface area contributed by atoms with Gasteiger partial charge in [-0.3, -0.25) is 14.2 Å². The highest BCUT2D eigenvalue weighted by Gasteiger charge is 2.33. The third kappa shape index (κ3) is 5.78. The molecule has 1 aliphatic heterocycles. The minimum absolute atomic E-state index is 0.0962. The average Bonchev–Trinajstić information content (AvgIpc) is 3.22. The van der Waals surface area contributed by atoms with Crippen molar-refractivity contribution in [3.63, 3.8) is 0 Å². The fraction of sp³-hybridized carbons (Fsp3) is 0.600. The molecule has 1 aliphatic carbocycles. The van der Waals surface area contributed by atoms with Gasteiger partial charge in [0.15, 0.2) is 5.16 Å². The summed E-state index contributed by atoms with van der Waals surface area (Å²) >= 11 is 1.64. The summed E-state index contributed by atoms with van der Waals surface area (Å²) in [5, 5.41) is 9.40. The fourth-order valence-electron chi connectivity index (χ4n) is 4.95. The minimum atomic E-state index is 0.0962. The van der Waals surface area contributed by atoms with Gasteiger partial charge in [0, 0.05) is 49.5 Å². The maximum atomic E-state index is 12.9. The van der Waals surface area contributed by atoms with E-state index in [9.17, 15) is 9.59 Å². The lowest BCUT2D eigenvalue weighted by molar-refractivity contribution is -0.146. The fourth-order valence-corrected chi connectivity index (χ4v) is 5.89. The molecule has 1 saturated carbocycles. The van der Waals surface area contributed by atoms with Crippen molar-refractivity contribution in [2.75, 3.05) is 25.4 Å². The van der Waals surface area contributed by atoms with Gasteiger partial charge in [0.05, 0.1) is 0 Å². The molecule has 1 aromatic heterocycles. The molecule has 0 bridgehead atoms. The van der Waals surface area contributed by atoms with Crippen LogP contribution in [0.15, 0.2) is 35.5 Å². The smallest absolute Gasteiger partial charge is 0.226 e. The van der Waals surface area contributed by atoms with Crippen LogP contribution in [0.3, 0.4) is 0 Å². The van der Waals surface area contributed by atoms with E-state index < -0.39 is 0 Å². The molecule has 0 N–H and O–H groups in total. The van der Waals surface area contributed by atoms with Gasteiger partial charge in [0.2, 0.25) is 11.8 Å². The van der Waals surface area contributed by atoms with Gasteiger partial charge >= 0.3 is 0 Å². The van der Waals surface area contributed by atoms with E-state index in [1.807, 2.05) is 47.1 Å². The van der Waals surface area contributed by atoms with E-state index in [0.29, 0.717) is 32.0 Å². The monoisotopic (exact) mass is 469 g/mol. The van der Waals surface area contributed by atoms with Gasteiger partial charge in [-0.15, -0.1) is 10.2 Å². The second-order valence-electron chi connectivity index (χ2n) is 9.21. The number of piperazine rings is 1. The number of thioether (sulfide) groups is 1. The average molecular weight is 470 g/mol. The Morgan fingerprint density at radius 2 is 1.82 bits per heavy atom. The summed E-state index contributed by atoms with van der Waals surface area (Å²) in [6.45, 7) is 5.99. The molecule has 2 heterocycles. The van der Waals surface area contributed by atoms with Crippen molar-refractivity contribution in [3.8, 4) is 5.69 Å². The van der Waals surface area contributed by atoms with Gasteiger partial charge in [-0.05, 0) is 45.2 Å². The molecule has 1 atom stereocenters. The SMILES string of the molecule is Cc1nnc(SCCCC(=O)N2CCN(C(=O)C3CCCCC3)C(C)C2)n1-c1ccccc1. The van der Waals surface area contributed by atoms with Crippen LogP contribution in [0.4, 0.5) is 0 Å². The Morgan fingerprint density at radius 1 is 1.06 bits per heavy atom. The number of carbonyl (C=O) groups is 2. The van der Waals surface area contributed by atoms with Crippen molar-refractivity contribution >= 4 is 23.6 Å². The summed E-state index contributed by atoms with van der Waals surface area (Å²) in [4.78, 5) is 29.7. The predicted octanol–water partition coefficient (Wildman–Crippen LogP) is 4.09. The predicted molar refractivity (Wildman–Crippen MR) is 130 cm³/mol. The number of hydrogen-bond donors (Lipinski definition) is 0. The highest BCUT2D eigenvalue weighted by molar-refractivity contribution is 7.99. The van der Waals surface area contributed by atoms with E-state index in [4.69, 9.17) is 0 Å². The standard InChI is InChI=1S/C25H35N5O2S/c1-19-18-28(15-16-29(19)24(32)21-10-5-3-6-11-21)23(31)14-9-17-33-25-27-26-20(2)30(25)22-12-7-4-8-13-22/h4,7-8,12-13,19,21H,3,5-6,9-11,14-18H2,1-2H3. The Labute approximate surface area is 200 Å². The largest absolute Gasteiger partial charge is 0.339 e. The zero-order chi connectivity index (χ0) is 23.2. The third-order valence-electron chi connectivity index (χ3n) is 6.79. The first kappa shape index (κ1) is 23.8. The molecule has 2 aromatic rings. The summed E-state index contributed by atoms with van der Waals surface area (Å²) in [6, 6.07) is 10.2. The zero-order valence-electron chi connectivity index (χ0n) is 19.8. The van der Waals surface area contributed by atoms with E-state index in [0.717, 1.165) is 41.7 Å². The summed E-state index contributed by atoms with van der Waals surface area (Å²) in [5.41, 5.74) is 1.05. The molecule has 2 fully saturated rings. The quantitative estimate of drug-likeness (QED) is 0.451. The number of aryl methyl sites for hydroxylation is 1. The normalized spacial score (nSPS) is 19.6. The molecule has 1 saturated heterocycles. The number of aromatic nitrogens is 3. The van der Waals surface area contributed by atoms with Crippen molar-refractivity contribution in [2.45, 2.75) is 70.0 Å². The van der Waals surface area contributed by atoms with E-state index in [2.05, 4.69) is 21.7 Å². The van der Waals surface area contributed by atoms with E-state index in [-0.39, 0.29) is 17.9 Å². The first-order valence-corrected chi connectivity index (χ1v) is 13.2. The van der Waals surface area contributed by atoms with Crippen LogP contribution in [0.2, 0.25) is 0 Å². The highest BCUT2D eigenvalue weighted by Crippen LogP contribution is 2.27. The number of carbonyl (C=O) groups excluding carboxylic acids is 2. The van der Waals surface area contributed by atoms with Crippen molar-refractivity contribution in [1.29, 1.82) is 0 Å². The van der Waals surface area contributed by atoms with Crippen molar-refractivity contribution in [3.05, 3.63) is 36.2 Å². The van der Waals surface area contributed by atoms with Gasteiger partial charge in [-0.1, -0.05) is 49.2 Å². The number of para-hydroxylation sites is 1. The molecule has 7 nitrogen and oxygen atoms in total. The lowest BCUT2D eigenvalue weighted by Gasteiger charge is -2.41. The summed E-state index contributed by atoms with van der Waals surface area (Å²) in [7, 11) is 0. The van der Waals surface area contributed by atoms with Crippen LogP contribution in [0.25, 0.3) is 5.69 Å². The minimum Gasteiger partial charge on any atom is -0.339 e. The van der Waals surface area contributed by atoms with Crippen molar-refractivity contribution < 1.29 is 9.59 Å². The highest BCUT2D eigenvalue weighted by atomic mass is 32.2. The Balaban J connectivity index is 1.22. The molecular formula is C25H35N5O2S. The number of rotatable bonds is 7. The van der Waals surface area contributed by atoms with Gasteiger partial charge in [0.1, 0.15) is 5.82 Å². The Morgan fingerprint density at radius 3 is 2.55 bits per heavy atom. The number of hydrogen-bond acceptors (Lipinski definition) is 5. The Hall–Kier alpha value is -2.35.